The second-order valence-electron chi connectivity index (χ2n) is 9.64. The zero-order valence-electron chi connectivity index (χ0n) is 22.1. The molecule has 2 aliphatic rings. The van der Waals surface area contributed by atoms with Crippen LogP contribution in [-0.4, -0.2) is 12.0 Å². The lowest BCUT2D eigenvalue weighted by Crippen LogP contribution is -2.40. The van der Waals surface area contributed by atoms with Gasteiger partial charge in [0, 0.05) is 15.0 Å². The Bertz CT molecular complexity index is 1180. The molecule has 2 saturated carbocycles. The topological polar surface area (TPSA) is 61.6 Å². The van der Waals surface area contributed by atoms with E-state index in [1.165, 1.54) is 5.57 Å². The molecule has 2 N–H and O–H groups in total. The average Bonchev–Trinajstić information content (AvgIpc) is 2.87. The summed E-state index contributed by atoms with van der Waals surface area (Å²) in [6, 6.07) is 5.69. The Labute approximate surface area is 228 Å². The highest BCUT2D eigenvalue weighted by Gasteiger charge is 2.45. The van der Waals surface area contributed by atoms with E-state index in [1.54, 1.807) is 19.3 Å². The van der Waals surface area contributed by atoms with Gasteiger partial charge in [-0.3, -0.25) is 0 Å². The molecule has 4 atom stereocenters. The molecular formula is C31H38ClNO3P+. The maximum Gasteiger partial charge on any atom is 0.660 e. The SMILES string of the molecule is C=CC(/C=C\CC)=C/C=C/C#Cc1ccc(/C(OC)=C2\C(CC)CC3(Cl)CCCC2C3)cc1O[P+](N)=O. The highest BCUT2D eigenvalue weighted by molar-refractivity contribution is 7.36. The zero-order valence-corrected chi connectivity index (χ0v) is 23.8. The number of ether oxygens (including phenoxy) is 1. The second kappa shape index (κ2) is 13.8. The van der Waals surface area contributed by atoms with Crippen LogP contribution in [0.15, 0.2) is 72.4 Å². The molecule has 6 heteroatoms. The molecule has 37 heavy (non-hydrogen) atoms. The fourth-order valence-corrected chi connectivity index (χ4v) is 6.35. The lowest BCUT2D eigenvalue weighted by atomic mass is 9.63. The molecule has 0 heterocycles. The molecule has 0 aliphatic heterocycles. The van der Waals surface area contributed by atoms with E-state index >= 15 is 0 Å². The summed E-state index contributed by atoms with van der Waals surface area (Å²) in [6.45, 7) is 8.13. The van der Waals surface area contributed by atoms with Crippen molar-refractivity contribution in [2.24, 2.45) is 17.3 Å². The molecule has 2 fully saturated rings. The molecule has 0 saturated heterocycles. The molecule has 0 aromatic heterocycles. The molecule has 1 aromatic rings. The van der Waals surface area contributed by atoms with E-state index in [9.17, 15) is 4.57 Å². The van der Waals surface area contributed by atoms with Crippen LogP contribution >= 0.6 is 19.8 Å². The number of methoxy groups -OCH3 is 1. The summed E-state index contributed by atoms with van der Waals surface area (Å²) < 4.78 is 23.3. The minimum atomic E-state index is -2.35. The maximum atomic E-state index is 11.8. The molecule has 1 aromatic carbocycles. The van der Waals surface area contributed by atoms with Gasteiger partial charge in [0.1, 0.15) is 5.76 Å². The Morgan fingerprint density at radius 1 is 1.35 bits per heavy atom. The predicted octanol–water partition coefficient (Wildman–Crippen LogP) is 8.62. The summed E-state index contributed by atoms with van der Waals surface area (Å²) in [6.07, 6.45) is 18.7. The van der Waals surface area contributed by atoms with Crippen molar-refractivity contribution in [1.29, 1.82) is 0 Å². The third-order valence-corrected chi connectivity index (χ3v) is 8.00. The first-order valence-corrected chi connectivity index (χ1v) is 14.6. The van der Waals surface area contributed by atoms with Crippen molar-refractivity contribution in [3.8, 4) is 17.6 Å². The van der Waals surface area contributed by atoms with Crippen LogP contribution in [0.4, 0.5) is 0 Å². The summed E-state index contributed by atoms with van der Waals surface area (Å²) >= 11 is 7.00. The molecule has 4 nitrogen and oxygen atoms in total. The van der Waals surface area contributed by atoms with E-state index < -0.39 is 8.18 Å². The Morgan fingerprint density at radius 2 is 2.16 bits per heavy atom. The van der Waals surface area contributed by atoms with Crippen LogP contribution in [0.1, 0.15) is 69.9 Å². The van der Waals surface area contributed by atoms with Crippen LogP contribution < -0.4 is 10.0 Å². The number of benzene rings is 1. The van der Waals surface area contributed by atoms with E-state index in [0.29, 0.717) is 23.1 Å². The van der Waals surface area contributed by atoms with Crippen molar-refractivity contribution < 1.29 is 13.8 Å². The van der Waals surface area contributed by atoms with Crippen LogP contribution in [-0.2, 0) is 9.30 Å². The van der Waals surface area contributed by atoms with Crippen molar-refractivity contribution in [3.63, 3.8) is 0 Å². The van der Waals surface area contributed by atoms with Crippen LogP contribution in [0.2, 0.25) is 0 Å². The number of hydrogen-bond acceptors (Lipinski definition) is 3. The normalized spacial score (nSPS) is 25.4. The monoisotopic (exact) mass is 538 g/mol. The van der Waals surface area contributed by atoms with Gasteiger partial charge in [0.2, 0.25) is 5.75 Å². The van der Waals surface area contributed by atoms with Crippen molar-refractivity contribution in [1.82, 2.24) is 0 Å². The van der Waals surface area contributed by atoms with Crippen molar-refractivity contribution in [2.45, 2.75) is 63.7 Å². The van der Waals surface area contributed by atoms with Crippen molar-refractivity contribution in [2.75, 3.05) is 7.11 Å². The van der Waals surface area contributed by atoms with Crippen molar-refractivity contribution in [3.05, 3.63) is 83.5 Å². The Hall–Kier alpha value is -2.57. The Kier molecular flexibility index (Phi) is 10.8. The fourth-order valence-electron chi connectivity index (χ4n) is 5.50. The van der Waals surface area contributed by atoms with Gasteiger partial charge in [-0.15, -0.1) is 11.6 Å². The number of alkyl halides is 1. The van der Waals surface area contributed by atoms with Gasteiger partial charge in [-0.1, -0.05) is 74.6 Å². The average molecular weight is 539 g/mol. The smallest absolute Gasteiger partial charge is 0.496 e. The number of fused-ring (bicyclic) bond motifs is 2. The molecule has 4 unspecified atom stereocenters. The lowest BCUT2D eigenvalue weighted by Gasteiger charge is -2.47. The summed E-state index contributed by atoms with van der Waals surface area (Å²) in [5, 5.41) is 0. The van der Waals surface area contributed by atoms with Gasteiger partial charge in [-0.25, -0.2) is 4.52 Å². The van der Waals surface area contributed by atoms with E-state index in [1.807, 2.05) is 36.4 Å². The molecule has 0 radical (unpaired) electrons. The zero-order chi connectivity index (χ0) is 26.8. The molecule has 196 valence electrons. The fraction of sp³-hybridized carbons (Fsp3) is 0.419. The largest absolute Gasteiger partial charge is 0.660 e. The van der Waals surface area contributed by atoms with E-state index in [-0.39, 0.29) is 4.87 Å². The van der Waals surface area contributed by atoms with Gasteiger partial charge >= 0.3 is 8.18 Å². The number of hydrogen-bond donors (Lipinski definition) is 1. The standard InChI is InChI=1S/C31H38ClNO3P/c1-5-8-13-23(6-2)14-10-9-11-15-25-17-18-26(20-28(25)36-37(33)34)30(35-4)29-24(7-3)21-31(32)19-12-16-27(29)22-31/h6,8-10,13-14,17-18,20,24,27H,2,5,7,12,16,19,21-22H2,1,3-4H3,(H2,33,34)/q+1/b10-9+,13-8-,23-14-,30-29-. The molecular weight excluding hydrogens is 501 g/mol. The number of halogens is 1. The summed E-state index contributed by atoms with van der Waals surface area (Å²) in [5.41, 5.74) is 9.35. The lowest BCUT2D eigenvalue weighted by molar-refractivity contribution is 0.211. The van der Waals surface area contributed by atoms with E-state index in [2.05, 4.69) is 38.3 Å². The van der Waals surface area contributed by atoms with E-state index in [4.69, 9.17) is 26.4 Å². The number of allylic oxidation sites excluding steroid dienone is 8. The molecule has 2 aliphatic carbocycles. The van der Waals surface area contributed by atoms with Gasteiger partial charge in [0.15, 0.2) is 0 Å². The third-order valence-electron chi connectivity index (χ3n) is 7.13. The van der Waals surface area contributed by atoms with Gasteiger partial charge in [-0.2, -0.15) is 0 Å². The second-order valence-corrected chi connectivity index (χ2v) is 11.2. The molecule has 0 amide bonds. The summed E-state index contributed by atoms with van der Waals surface area (Å²) in [5.74, 6) is 8.11. The third kappa shape index (κ3) is 7.71. The number of rotatable bonds is 9. The van der Waals surface area contributed by atoms with Gasteiger partial charge in [0.05, 0.1) is 12.7 Å². The minimum absolute atomic E-state index is 0.0982. The van der Waals surface area contributed by atoms with Gasteiger partial charge in [-0.05, 0) is 85.8 Å². The minimum Gasteiger partial charge on any atom is -0.496 e. The molecule has 2 bridgehead atoms. The first kappa shape index (κ1) is 29.0. The Balaban J connectivity index is 1.96. The first-order valence-electron chi connectivity index (χ1n) is 13.0. The van der Waals surface area contributed by atoms with Crippen LogP contribution in [0, 0.1) is 23.7 Å². The summed E-state index contributed by atoms with van der Waals surface area (Å²) in [4.78, 5) is -0.0982. The van der Waals surface area contributed by atoms with E-state index in [0.717, 1.165) is 61.8 Å². The molecule has 0 spiro atoms. The van der Waals surface area contributed by atoms with Crippen molar-refractivity contribution >= 4 is 25.5 Å². The van der Waals surface area contributed by atoms with Crippen LogP contribution in [0.3, 0.4) is 0 Å². The molecule has 3 rings (SSSR count). The van der Waals surface area contributed by atoms with Crippen LogP contribution in [0.5, 0.6) is 5.75 Å². The predicted molar refractivity (Wildman–Crippen MR) is 155 cm³/mol. The van der Waals surface area contributed by atoms with Gasteiger partial charge < -0.3 is 4.74 Å². The quantitative estimate of drug-likeness (QED) is 0.112. The first-order chi connectivity index (χ1) is 17.8. The maximum absolute atomic E-state index is 11.8. The highest BCUT2D eigenvalue weighted by Crippen LogP contribution is 2.54. The highest BCUT2D eigenvalue weighted by atomic mass is 35.5. The van der Waals surface area contributed by atoms with Crippen LogP contribution in [0.25, 0.3) is 5.76 Å². The summed E-state index contributed by atoms with van der Waals surface area (Å²) in [7, 11) is -0.636. The number of nitrogens with two attached hydrogens (primary N) is 1. The Morgan fingerprint density at radius 3 is 2.84 bits per heavy atom. The van der Waals surface area contributed by atoms with Gasteiger partial charge in [0.25, 0.3) is 0 Å².